The van der Waals surface area contributed by atoms with E-state index in [1.165, 1.54) is 0 Å². The van der Waals surface area contributed by atoms with Gasteiger partial charge in [-0.15, -0.1) is 0 Å². The first-order chi connectivity index (χ1) is 27.6. The summed E-state index contributed by atoms with van der Waals surface area (Å²) in [5.74, 6) is 0.627. The molecule has 0 bridgehead atoms. The van der Waals surface area contributed by atoms with E-state index in [1.54, 1.807) is 6.20 Å². The summed E-state index contributed by atoms with van der Waals surface area (Å²) < 4.78 is 0. The monoisotopic (exact) mass is 737 g/mol. The van der Waals surface area contributed by atoms with E-state index in [1.807, 2.05) is 133 Å². The number of para-hydroxylation sites is 1. The van der Waals surface area contributed by atoms with Gasteiger partial charge in [0.05, 0.1) is 28.3 Å². The first-order valence-corrected chi connectivity index (χ1v) is 20.3. The number of hydrogen-bond donors (Lipinski definition) is 1. The zero-order chi connectivity index (χ0) is 37.5. The van der Waals surface area contributed by atoms with Crippen molar-refractivity contribution >= 4 is 55.9 Å². The van der Waals surface area contributed by atoms with Crippen molar-refractivity contribution in [2.24, 2.45) is 0 Å². The Kier molecular flexibility index (Phi) is 8.45. The molecule has 0 aliphatic heterocycles. The summed E-state index contributed by atoms with van der Waals surface area (Å²) in [5, 5.41) is 8.03. The first kappa shape index (κ1) is 33.6. The molecule has 0 saturated carbocycles. The quantitative estimate of drug-likeness (QED) is 0.130. The highest BCUT2D eigenvalue weighted by molar-refractivity contribution is 7.91. The van der Waals surface area contributed by atoms with Crippen molar-refractivity contribution in [3.63, 3.8) is 0 Å². The van der Waals surface area contributed by atoms with Crippen LogP contribution in [0.1, 0.15) is 0 Å². The van der Waals surface area contributed by atoms with Crippen molar-refractivity contribution in [2.45, 2.75) is 0 Å². The Labute approximate surface area is 325 Å². The second-order valence-corrected chi connectivity index (χ2v) is 16.6. The van der Waals surface area contributed by atoms with Gasteiger partial charge in [0.25, 0.3) is 0 Å². The molecule has 264 valence electrons. The summed E-state index contributed by atoms with van der Waals surface area (Å²) in [6, 6.07) is 65.6. The Morgan fingerprint density at radius 2 is 0.982 bits per heavy atom. The van der Waals surface area contributed by atoms with Crippen LogP contribution in [0, 0.1) is 0 Å². The molecule has 0 atom stereocenters. The minimum Gasteiger partial charge on any atom is -0.255 e. The van der Waals surface area contributed by atoms with Gasteiger partial charge in [-0.3, -0.25) is 4.98 Å². The van der Waals surface area contributed by atoms with Gasteiger partial charge in [-0.05, 0) is 77.5 Å². The minimum absolute atomic E-state index is 0.627. The van der Waals surface area contributed by atoms with Crippen molar-refractivity contribution < 1.29 is 4.89 Å². The largest absolute Gasteiger partial charge is 0.255 e. The number of pyridine rings is 2. The Morgan fingerprint density at radius 3 is 1.70 bits per heavy atom. The van der Waals surface area contributed by atoms with Crippen LogP contribution in [0.15, 0.2) is 200 Å². The van der Waals surface area contributed by atoms with Crippen LogP contribution in [0.4, 0.5) is 0 Å². The average Bonchev–Trinajstić information content (AvgIpc) is 3.29. The fraction of sp³-hybridized carbons (Fsp3) is 0. The van der Waals surface area contributed by atoms with Crippen LogP contribution in [0.2, 0.25) is 0 Å². The number of benzene rings is 7. The number of aromatic nitrogens is 4. The highest BCUT2D eigenvalue weighted by Crippen LogP contribution is 2.51. The lowest BCUT2D eigenvalue weighted by Gasteiger charge is -2.21. The molecule has 0 fully saturated rings. The second-order valence-electron chi connectivity index (χ2n) is 13.8. The smallest absolute Gasteiger partial charge is 0.238 e. The summed E-state index contributed by atoms with van der Waals surface area (Å²) in [7, 11) is -3.00. The lowest BCUT2D eigenvalue weighted by atomic mass is 9.91. The van der Waals surface area contributed by atoms with Crippen LogP contribution in [0.3, 0.4) is 0 Å². The standard InChI is InChI=1S/C50H34N4OP/c55-56(36-20-6-2-7-21-36,37-22-8-3-9-23-37)38-24-16-19-35(31-38)49-43-32-42(39-25-10-11-26-40(39)48(43)41-27-12-13-28-44(41)52-49)46-33-47(45-29-14-15-30-51-45)54-50(53-46)34-17-4-1-5-18-34/h1-33,55H/q+1. The second kappa shape index (κ2) is 14.1. The van der Waals surface area contributed by atoms with Crippen molar-refractivity contribution in [2.75, 3.05) is 0 Å². The highest BCUT2D eigenvalue weighted by atomic mass is 31.2. The summed E-state index contributed by atoms with van der Waals surface area (Å²) in [5.41, 5.74) is 6.87. The number of hydrogen-bond acceptors (Lipinski definition) is 5. The maximum atomic E-state index is 12.9. The molecule has 3 heterocycles. The molecule has 5 nitrogen and oxygen atoms in total. The van der Waals surface area contributed by atoms with Crippen LogP contribution in [-0.2, 0) is 0 Å². The van der Waals surface area contributed by atoms with Crippen LogP contribution in [0.5, 0.6) is 0 Å². The molecule has 56 heavy (non-hydrogen) atoms. The maximum Gasteiger partial charge on any atom is 0.238 e. The molecule has 0 amide bonds. The summed E-state index contributed by atoms with van der Waals surface area (Å²) in [6.07, 6.45) is 1.79. The van der Waals surface area contributed by atoms with Gasteiger partial charge in [-0.25, -0.2) is 19.8 Å². The Bertz CT molecular complexity index is 2940. The molecule has 0 radical (unpaired) electrons. The Balaban J connectivity index is 1.27. The maximum absolute atomic E-state index is 12.9. The fourth-order valence-corrected chi connectivity index (χ4v) is 10.5. The number of rotatable bonds is 7. The SMILES string of the molecule is O[P+](c1ccccc1)(c1ccccc1)c1cccc(-c2nc3ccccc3c3c2cc(-c2cc(-c4ccccn4)nc(-c4ccccc4)n2)c2ccccc23)c1. The predicted octanol–water partition coefficient (Wildman–Crippen LogP) is 10.6. The molecular weight excluding hydrogens is 704 g/mol. The van der Waals surface area contributed by atoms with Gasteiger partial charge in [0, 0.05) is 39.0 Å². The van der Waals surface area contributed by atoms with Gasteiger partial charge in [0.2, 0.25) is 7.49 Å². The third kappa shape index (κ3) is 5.82. The molecule has 0 saturated heterocycles. The van der Waals surface area contributed by atoms with Gasteiger partial charge >= 0.3 is 0 Å². The molecule has 3 aromatic heterocycles. The topological polar surface area (TPSA) is 71.8 Å². The van der Waals surface area contributed by atoms with Gasteiger partial charge in [-0.2, -0.15) is 0 Å². The third-order valence-electron chi connectivity index (χ3n) is 10.4. The zero-order valence-corrected chi connectivity index (χ0v) is 31.1. The van der Waals surface area contributed by atoms with Crippen LogP contribution < -0.4 is 15.9 Å². The average molecular weight is 738 g/mol. The molecule has 0 aliphatic rings. The fourth-order valence-electron chi connectivity index (χ4n) is 7.78. The lowest BCUT2D eigenvalue weighted by molar-refractivity contribution is 0.633. The van der Waals surface area contributed by atoms with E-state index in [2.05, 4.69) is 65.6 Å². The zero-order valence-electron chi connectivity index (χ0n) is 30.2. The predicted molar refractivity (Wildman–Crippen MR) is 233 cm³/mol. The van der Waals surface area contributed by atoms with E-state index in [9.17, 15) is 4.89 Å². The minimum atomic E-state index is -3.00. The van der Waals surface area contributed by atoms with Gasteiger partial charge in [0.15, 0.2) is 5.82 Å². The van der Waals surface area contributed by atoms with Gasteiger partial charge in [-0.1, -0.05) is 127 Å². The molecule has 0 unspecified atom stereocenters. The molecular formula is C50H34N4OP+. The molecule has 10 aromatic rings. The Morgan fingerprint density at radius 1 is 0.393 bits per heavy atom. The molecule has 6 heteroatoms. The van der Waals surface area contributed by atoms with E-state index in [-0.39, 0.29) is 0 Å². The van der Waals surface area contributed by atoms with Crippen molar-refractivity contribution in [1.82, 2.24) is 19.9 Å². The van der Waals surface area contributed by atoms with E-state index in [4.69, 9.17) is 15.0 Å². The highest BCUT2D eigenvalue weighted by Gasteiger charge is 2.44. The van der Waals surface area contributed by atoms with Crippen molar-refractivity contribution in [3.8, 4) is 45.3 Å². The van der Waals surface area contributed by atoms with E-state index < -0.39 is 7.49 Å². The third-order valence-corrected chi connectivity index (χ3v) is 13.5. The molecule has 0 aliphatic carbocycles. The van der Waals surface area contributed by atoms with E-state index >= 15 is 0 Å². The van der Waals surface area contributed by atoms with Gasteiger partial charge in [0.1, 0.15) is 15.9 Å². The van der Waals surface area contributed by atoms with Crippen LogP contribution in [0.25, 0.3) is 77.7 Å². The van der Waals surface area contributed by atoms with Crippen molar-refractivity contribution in [1.29, 1.82) is 0 Å². The van der Waals surface area contributed by atoms with Crippen LogP contribution >= 0.6 is 7.49 Å². The van der Waals surface area contributed by atoms with E-state index in [0.717, 1.165) is 87.8 Å². The van der Waals surface area contributed by atoms with Gasteiger partial charge < -0.3 is 0 Å². The van der Waals surface area contributed by atoms with E-state index in [0.29, 0.717) is 5.82 Å². The summed E-state index contributed by atoms with van der Waals surface area (Å²) >= 11 is 0. The normalized spacial score (nSPS) is 11.7. The Hall–Kier alpha value is -6.91. The number of fused-ring (bicyclic) bond motifs is 5. The summed E-state index contributed by atoms with van der Waals surface area (Å²) in [6.45, 7) is 0. The molecule has 0 spiro atoms. The molecule has 1 N–H and O–H groups in total. The molecule has 7 aromatic carbocycles. The van der Waals surface area contributed by atoms with Crippen LogP contribution in [-0.4, -0.2) is 24.8 Å². The first-order valence-electron chi connectivity index (χ1n) is 18.6. The lowest BCUT2D eigenvalue weighted by Crippen LogP contribution is -2.30. The number of nitrogens with zero attached hydrogens (tertiary/aromatic N) is 4. The van der Waals surface area contributed by atoms with Crippen molar-refractivity contribution in [3.05, 3.63) is 200 Å². The molecule has 10 rings (SSSR count). The summed E-state index contributed by atoms with van der Waals surface area (Å²) in [4.78, 5) is 33.3.